The van der Waals surface area contributed by atoms with Crippen molar-refractivity contribution in [2.24, 2.45) is 5.73 Å². The van der Waals surface area contributed by atoms with Crippen molar-refractivity contribution in [1.82, 2.24) is 15.0 Å². The van der Waals surface area contributed by atoms with Crippen LogP contribution in [0.3, 0.4) is 0 Å². The van der Waals surface area contributed by atoms with E-state index in [1.807, 2.05) is 30.3 Å². The molecular weight excluding hydrogens is 332 g/mol. The van der Waals surface area contributed by atoms with Crippen LogP contribution in [-0.4, -0.2) is 33.3 Å². The van der Waals surface area contributed by atoms with Crippen molar-refractivity contribution in [2.45, 2.75) is 0 Å². The van der Waals surface area contributed by atoms with Crippen molar-refractivity contribution in [3.63, 3.8) is 0 Å². The van der Waals surface area contributed by atoms with Crippen molar-refractivity contribution in [3.05, 3.63) is 60.6 Å². The van der Waals surface area contributed by atoms with Gasteiger partial charge in [0.1, 0.15) is 12.2 Å². The number of fused-ring (bicyclic) bond motifs is 1. The SMILES string of the molecule is NC(=O)c1nc(-c2ccncc2)nc2c1NC(=O)CN2c1ccccc1. The van der Waals surface area contributed by atoms with E-state index < -0.39 is 5.91 Å². The number of primary amides is 1. The molecule has 0 unspecified atom stereocenters. The molecule has 128 valence electrons. The molecular formula is C18H14N6O2. The van der Waals surface area contributed by atoms with Gasteiger partial charge in [0.15, 0.2) is 17.3 Å². The van der Waals surface area contributed by atoms with Crippen molar-refractivity contribution in [3.8, 4) is 11.4 Å². The third-order valence-electron chi connectivity index (χ3n) is 3.95. The molecule has 1 aromatic carbocycles. The fourth-order valence-corrected chi connectivity index (χ4v) is 2.79. The molecule has 2 aromatic heterocycles. The summed E-state index contributed by atoms with van der Waals surface area (Å²) < 4.78 is 0. The van der Waals surface area contributed by atoms with Crippen molar-refractivity contribution < 1.29 is 9.59 Å². The molecule has 3 aromatic rings. The predicted octanol–water partition coefficient (Wildman–Crippen LogP) is 1.73. The number of para-hydroxylation sites is 1. The largest absolute Gasteiger partial charge is 0.364 e. The monoisotopic (exact) mass is 346 g/mol. The molecule has 3 N–H and O–H groups in total. The summed E-state index contributed by atoms with van der Waals surface area (Å²) in [5, 5.41) is 2.67. The molecule has 0 radical (unpaired) electrons. The molecule has 0 saturated heterocycles. The maximum absolute atomic E-state index is 12.2. The van der Waals surface area contributed by atoms with Crippen LogP contribution in [0.4, 0.5) is 17.2 Å². The Balaban J connectivity index is 1.95. The van der Waals surface area contributed by atoms with Crippen LogP contribution in [-0.2, 0) is 4.79 Å². The van der Waals surface area contributed by atoms with Crippen molar-refractivity contribution in [2.75, 3.05) is 16.8 Å². The molecule has 1 aliphatic heterocycles. The second-order valence-corrected chi connectivity index (χ2v) is 5.66. The van der Waals surface area contributed by atoms with Crippen LogP contribution in [0, 0.1) is 0 Å². The molecule has 26 heavy (non-hydrogen) atoms. The van der Waals surface area contributed by atoms with Gasteiger partial charge in [-0.1, -0.05) is 18.2 Å². The van der Waals surface area contributed by atoms with Gasteiger partial charge >= 0.3 is 0 Å². The number of anilines is 3. The zero-order chi connectivity index (χ0) is 18.1. The Morgan fingerprint density at radius 2 is 1.81 bits per heavy atom. The number of aromatic nitrogens is 3. The minimum Gasteiger partial charge on any atom is -0.364 e. The van der Waals surface area contributed by atoms with E-state index in [1.54, 1.807) is 29.4 Å². The number of nitrogens with one attached hydrogen (secondary N) is 1. The van der Waals surface area contributed by atoms with Gasteiger partial charge in [-0.25, -0.2) is 9.97 Å². The lowest BCUT2D eigenvalue weighted by Gasteiger charge is -2.30. The maximum Gasteiger partial charge on any atom is 0.269 e. The fourth-order valence-electron chi connectivity index (χ4n) is 2.79. The maximum atomic E-state index is 12.2. The first kappa shape index (κ1) is 15.7. The van der Waals surface area contributed by atoms with E-state index >= 15 is 0 Å². The quantitative estimate of drug-likeness (QED) is 0.746. The molecule has 8 heteroatoms. The van der Waals surface area contributed by atoms with E-state index in [0.717, 1.165) is 5.69 Å². The zero-order valence-electron chi connectivity index (χ0n) is 13.6. The third-order valence-corrected chi connectivity index (χ3v) is 3.95. The standard InChI is InChI=1S/C18H14N6O2/c19-16(26)14-15-18(23-17(22-14)11-6-8-20-9-7-11)24(10-13(25)21-15)12-4-2-1-3-5-12/h1-9H,10H2,(H2,19,26)(H,21,25). The lowest BCUT2D eigenvalue weighted by molar-refractivity contribution is -0.115. The number of carbonyl (C=O) groups is 2. The Hall–Kier alpha value is -3.81. The third kappa shape index (κ3) is 2.73. The van der Waals surface area contributed by atoms with Gasteiger partial charge in [0.25, 0.3) is 5.91 Å². The number of carbonyl (C=O) groups excluding carboxylic acids is 2. The van der Waals surface area contributed by atoms with Gasteiger partial charge in [0.05, 0.1) is 0 Å². The molecule has 8 nitrogen and oxygen atoms in total. The first-order chi connectivity index (χ1) is 12.6. The van der Waals surface area contributed by atoms with Crippen molar-refractivity contribution in [1.29, 1.82) is 0 Å². The first-order valence-corrected chi connectivity index (χ1v) is 7.88. The lowest BCUT2D eigenvalue weighted by atomic mass is 10.1. The van der Waals surface area contributed by atoms with Crippen LogP contribution in [0.2, 0.25) is 0 Å². The molecule has 1 aliphatic rings. The Kier molecular flexibility index (Phi) is 3.77. The summed E-state index contributed by atoms with van der Waals surface area (Å²) in [6.07, 6.45) is 3.22. The summed E-state index contributed by atoms with van der Waals surface area (Å²) in [4.78, 5) is 38.7. The van der Waals surface area contributed by atoms with E-state index in [2.05, 4.69) is 20.3 Å². The summed E-state index contributed by atoms with van der Waals surface area (Å²) in [6.45, 7) is 0.0714. The number of benzene rings is 1. The average Bonchev–Trinajstić information content (AvgIpc) is 2.68. The van der Waals surface area contributed by atoms with Gasteiger partial charge < -0.3 is 16.0 Å². The number of nitrogens with zero attached hydrogens (tertiary/aromatic N) is 4. The van der Waals surface area contributed by atoms with Crippen LogP contribution < -0.4 is 16.0 Å². The smallest absolute Gasteiger partial charge is 0.269 e. The van der Waals surface area contributed by atoms with Crippen LogP contribution in [0.1, 0.15) is 10.5 Å². The minimum atomic E-state index is -0.742. The van der Waals surface area contributed by atoms with Gasteiger partial charge in [-0.3, -0.25) is 14.6 Å². The van der Waals surface area contributed by atoms with Gasteiger partial charge in [0.2, 0.25) is 5.91 Å². The highest BCUT2D eigenvalue weighted by molar-refractivity contribution is 6.09. The zero-order valence-corrected chi connectivity index (χ0v) is 13.6. The van der Waals surface area contributed by atoms with Crippen LogP contribution in [0.25, 0.3) is 11.4 Å². The molecule has 0 spiro atoms. The van der Waals surface area contributed by atoms with E-state index in [0.29, 0.717) is 17.2 Å². The summed E-state index contributed by atoms with van der Waals surface area (Å²) in [5.41, 5.74) is 7.16. The normalized spacial score (nSPS) is 13.1. The van der Waals surface area contributed by atoms with Gasteiger partial charge in [0, 0.05) is 23.6 Å². The lowest BCUT2D eigenvalue weighted by Crippen LogP contribution is -2.37. The molecule has 0 atom stereocenters. The van der Waals surface area contributed by atoms with Crippen molar-refractivity contribution >= 4 is 29.0 Å². The number of pyridine rings is 1. The van der Waals surface area contributed by atoms with Gasteiger partial charge in [-0.15, -0.1) is 0 Å². The number of amides is 2. The highest BCUT2D eigenvalue weighted by Crippen LogP contribution is 2.36. The molecule has 0 fully saturated rings. The van der Waals surface area contributed by atoms with E-state index in [4.69, 9.17) is 5.73 Å². The first-order valence-electron chi connectivity index (χ1n) is 7.88. The number of rotatable bonds is 3. The summed E-state index contributed by atoms with van der Waals surface area (Å²) in [7, 11) is 0. The Labute approximate surface area is 148 Å². The average molecular weight is 346 g/mol. The second kappa shape index (κ2) is 6.25. The molecule has 0 bridgehead atoms. The Bertz CT molecular complexity index is 991. The molecule has 4 rings (SSSR count). The molecule has 2 amide bonds. The van der Waals surface area contributed by atoms with Crippen LogP contribution in [0.5, 0.6) is 0 Å². The number of nitrogens with two attached hydrogens (primary N) is 1. The molecule has 0 aliphatic carbocycles. The summed E-state index contributed by atoms with van der Waals surface area (Å²) in [5.74, 6) is -0.262. The fraction of sp³-hybridized carbons (Fsp3) is 0.0556. The Morgan fingerprint density at radius 1 is 1.08 bits per heavy atom. The van der Waals surface area contributed by atoms with Gasteiger partial charge in [-0.2, -0.15) is 0 Å². The number of hydrogen-bond donors (Lipinski definition) is 2. The van der Waals surface area contributed by atoms with E-state index in [1.165, 1.54) is 0 Å². The van der Waals surface area contributed by atoms with E-state index in [-0.39, 0.29) is 23.8 Å². The predicted molar refractivity (Wildman–Crippen MR) is 95.9 cm³/mol. The molecule has 0 saturated carbocycles. The Morgan fingerprint density at radius 3 is 2.50 bits per heavy atom. The second-order valence-electron chi connectivity index (χ2n) is 5.66. The van der Waals surface area contributed by atoms with Crippen LogP contribution >= 0.6 is 0 Å². The van der Waals surface area contributed by atoms with Gasteiger partial charge in [-0.05, 0) is 24.3 Å². The highest BCUT2D eigenvalue weighted by Gasteiger charge is 2.30. The summed E-state index contributed by atoms with van der Waals surface area (Å²) in [6, 6.07) is 12.8. The topological polar surface area (TPSA) is 114 Å². The number of hydrogen-bond acceptors (Lipinski definition) is 6. The highest BCUT2D eigenvalue weighted by atomic mass is 16.2. The van der Waals surface area contributed by atoms with Crippen LogP contribution in [0.15, 0.2) is 54.9 Å². The molecule has 3 heterocycles. The summed E-state index contributed by atoms with van der Waals surface area (Å²) >= 11 is 0. The minimum absolute atomic E-state index is 0.0317. The van der Waals surface area contributed by atoms with E-state index in [9.17, 15) is 9.59 Å².